The molecule has 10 nitrogen and oxygen atoms in total. The first-order valence-electron chi connectivity index (χ1n) is 10.3. The van der Waals surface area contributed by atoms with Crippen molar-refractivity contribution in [2.24, 2.45) is 11.5 Å². The van der Waals surface area contributed by atoms with Crippen molar-refractivity contribution in [3.05, 3.63) is 36.0 Å². The van der Waals surface area contributed by atoms with Crippen molar-refractivity contribution in [2.45, 2.75) is 56.8 Å². The molecule has 1 heterocycles. The lowest BCUT2D eigenvalue weighted by Crippen LogP contribution is -2.57. The Labute approximate surface area is 180 Å². The van der Waals surface area contributed by atoms with Crippen molar-refractivity contribution in [2.75, 3.05) is 6.54 Å². The molecule has 0 saturated heterocycles. The Morgan fingerprint density at radius 3 is 2.48 bits per heavy atom. The first kappa shape index (κ1) is 24.3. The Bertz CT molecular complexity index is 897. The molecule has 0 spiro atoms. The van der Waals surface area contributed by atoms with Gasteiger partial charge in [0.15, 0.2) is 6.04 Å². The Balaban J connectivity index is 2.20. The summed E-state index contributed by atoms with van der Waals surface area (Å²) < 4.78 is 0. The molecule has 9 N–H and O–H groups in total. The molecule has 0 aliphatic heterocycles. The Morgan fingerprint density at radius 1 is 1.13 bits per heavy atom. The maximum Gasteiger partial charge on any atom is 0.328 e. The maximum absolute atomic E-state index is 12.9. The van der Waals surface area contributed by atoms with Gasteiger partial charge in [-0.25, -0.2) is 4.79 Å². The number of aliphatic hydroxyl groups is 1. The van der Waals surface area contributed by atoms with Crippen LogP contribution in [0.1, 0.15) is 31.7 Å². The van der Waals surface area contributed by atoms with E-state index in [1.807, 2.05) is 24.3 Å². The number of para-hydroxylation sites is 1. The number of fused-ring (bicyclic) bond motifs is 1. The van der Waals surface area contributed by atoms with Gasteiger partial charge in [0.05, 0.1) is 12.1 Å². The number of aliphatic hydroxyl groups excluding tert-OH is 1. The summed E-state index contributed by atoms with van der Waals surface area (Å²) in [7, 11) is 0. The van der Waals surface area contributed by atoms with Crippen LogP contribution in [0, 0.1) is 0 Å². The second-order valence-electron chi connectivity index (χ2n) is 7.58. The van der Waals surface area contributed by atoms with E-state index in [9.17, 15) is 24.6 Å². The molecule has 31 heavy (non-hydrogen) atoms. The van der Waals surface area contributed by atoms with Crippen LogP contribution in [0.2, 0.25) is 0 Å². The molecular weight excluding hydrogens is 402 g/mol. The Morgan fingerprint density at radius 2 is 1.84 bits per heavy atom. The lowest BCUT2D eigenvalue weighted by atomic mass is 10.0. The van der Waals surface area contributed by atoms with Crippen LogP contribution in [0.5, 0.6) is 0 Å². The van der Waals surface area contributed by atoms with E-state index in [1.165, 1.54) is 6.92 Å². The number of nitrogens with two attached hydrogens (primary N) is 2. The average Bonchev–Trinajstić information content (AvgIpc) is 3.13. The molecule has 0 aliphatic carbocycles. The van der Waals surface area contributed by atoms with Crippen LogP contribution in [0.4, 0.5) is 0 Å². The van der Waals surface area contributed by atoms with Crippen LogP contribution < -0.4 is 22.1 Å². The number of amides is 2. The third kappa shape index (κ3) is 6.78. The number of hydrogen-bond acceptors (Lipinski definition) is 6. The summed E-state index contributed by atoms with van der Waals surface area (Å²) in [5.41, 5.74) is 13.0. The number of aromatic amines is 1. The normalized spacial score (nSPS) is 15.1. The van der Waals surface area contributed by atoms with Crippen molar-refractivity contribution in [3.8, 4) is 0 Å². The molecule has 1 aromatic heterocycles. The minimum absolute atomic E-state index is 0.114. The van der Waals surface area contributed by atoms with Gasteiger partial charge in [0, 0.05) is 23.5 Å². The molecule has 2 rings (SSSR count). The Kier molecular flexibility index (Phi) is 8.98. The number of nitrogens with one attached hydrogen (secondary N) is 3. The number of aliphatic carboxylic acids is 1. The van der Waals surface area contributed by atoms with Crippen LogP contribution >= 0.6 is 0 Å². The fourth-order valence-electron chi connectivity index (χ4n) is 3.29. The molecule has 4 unspecified atom stereocenters. The van der Waals surface area contributed by atoms with Crippen molar-refractivity contribution in [3.63, 3.8) is 0 Å². The molecule has 0 bridgehead atoms. The Hall–Kier alpha value is -2.95. The molecule has 1 aromatic carbocycles. The van der Waals surface area contributed by atoms with E-state index in [-0.39, 0.29) is 6.42 Å². The zero-order valence-electron chi connectivity index (χ0n) is 17.5. The van der Waals surface area contributed by atoms with Gasteiger partial charge < -0.3 is 37.3 Å². The highest BCUT2D eigenvalue weighted by atomic mass is 16.4. The third-order valence-electron chi connectivity index (χ3n) is 5.08. The van der Waals surface area contributed by atoms with Gasteiger partial charge in [-0.3, -0.25) is 9.59 Å². The summed E-state index contributed by atoms with van der Waals surface area (Å²) >= 11 is 0. The topological polar surface area (TPSA) is 184 Å². The van der Waals surface area contributed by atoms with Gasteiger partial charge in [-0.2, -0.15) is 0 Å². The van der Waals surface area contributed by atoms with E-state index in [0.29, 0.717) is 19.4 Å². The highest BCUT2D eigenvalue weighted by molar-refractivity contribution is 5.93. The van der Waals surface area contributed by atoms with Gasteiger partial charge >= 0.3 is 5.97 Å². The van der Waals surface area contributed by atoms with Gasteiger partial charge in [0.2, 0.25) is 11.8 Å². The van der Waals surface area contributed by atoms with Crippen molar-refractivity contribution in [1.29, 1.82) is 0 Å². The molecule has 0 fully saturated rings. The van der Waals surface area contributed by atoms with Crippen LogP contribution in [-0.2, 0) is 20.8 Å². The number of carbonyl (C=O) groups is 3. The van der Waals surface area contributed by atoms with Crippen molar-refractivity contribution < 1.29 is 24.6 Å². The standard InChI is InChI=1S/C21H31N5O5/c1-12(27)18(21(30)31)26-20(29)17(25-19(28)15(23)7-4-5-9-22)10-13-11-24-16-8-3-2-6-14(13)16/h2-3,6,8,11-12,15,17-18,24,27H,4-5,7,9-10,22-23H2,1H3,(H,25,28)(H,26,29)(H,30,31). The van der Waals surface area contributed by atoms with Gasteiger partial charge in [-0.1, -0.05) is 24.6 Å². The van der Waals surface area contributed by atoms with E-state index in [0.717, 1.165) is 22.9 Å². The number of rotatable bonds is 12. The minimum Gasteiger partial charge on any atom is -0.480 e. The van der Waals surface area contributed by atoms with E-state index < -0.39 is 42.0 Å². The fraction of sp³-hybridized carbons (Fsp3) is 0.476. The summed E-state index contributed by atoms with van der Waals surface area (Å²) in [6.45, 7) is 1.76. The second kappa shape index (κ2) is 11.4. The minimum atomic E-state index is -1.51. The van der Waals surface area contributed by atoms with E-state index in [2.05, 4.69) is 15.6 Å². The number of carboxylic acid groups (broad SMARTS) is 1. The van der Waals surface area contributed by atoms with E-state index >= 15 is 0 Å². The first-order valence-corrected chi connectivity index (χ1v) is 10.3. The predicted molar refractivity (Wildman–Crippen MR) is 116 cm³/mol. The summed E-state index contributed by atoms with van der Waals surface area (Å²) in [6, 6.07) is 4.09. The molecule has 4 atom stereocenters. The number of aromatic nitrogens is 1. The number of benzene rings is 1. The fourth-order valence-corrected chi connectivity index (χ4v) is 3.29. The van der Waals surface area contributed by atoms with Crippen LogP contribution in [0.25, 0.3) is 10.9 Å². The molecule has 10 heteroatoms. The molecule has 0 aliphatic rings. The van der Waals surface area contributed by atoms with Crippen LogP contribution in [0.15, 0.2) is 30.5 Å². The quantitative estimate of drug-likeness (QED) is 0.222. The monoisotopic (exact) mass is 433 g/mol. The van der Waals surface area contributed by atoms with Gasteiger partial charge in [0.1, 0.15) is 6.04 Å². The molecule has 0 saturated carbocycles. The zero-order chi connectivity index (χ0) is 23.0. The largest absolute Gasteiger partial charge is 0.480 e. The second-order valence-corrected chi connectivity index (χ2v) is 7.58. The number of unbranched alkanes of at least 4 members (excludes halogenated alkanes) is 1. The van der Waals surface area contributed by atoms with E-state index in [4.69, 9.17) is 11.5 Å². The molecule has 2 aromatic rings. The van der Waals surface area contributed by atoms with Crippen molar-refractivity contribution in [1.82, 2.24) is 15.6 Å². The number of carbonyl (C=O) groups excluding carboxylic acids is 2. The number of hydrogen-bond donors (Lipinski definition) is 7. The number of H-pyrrole nitrogens is 1. The van der Waals surface area contributed by atoms with Gasteiger partial charge in [-0.15, -0.1) is 0 Å². The lowest BCUT2D eigenvalue weighted by Gasteiger charge is -2.24. The summed E-state index contributed by atoms with van der Waals surface area (Å²) in [5.74, 6) is -2.61. The number of carboxylic acids is 1. The highest BCUT2D eigenvalue weighted by Gasteiger charge is 2.30. The van der Waals surface area contributed by atoms with E-state index in [1.54, 1.807) is 6.20 Å². The van der Waals surface area contributed by atoms with Gasteiger partial charge in [-0.05, 0) is 37.9 Å². The lowest BCUT2D eigenvalue weighted by molar-refractivity contribution is -0.145. The highest BCUT2D eigenvalue weighted by Crippen LogP contribution is 2.19. The molecule has 170 valence electrons. The first-order chi connectivity index (χ1) is 14.7. The van der Waals surface area contributed by atoms with Crippen LogP contribution in [-0.4, -0.2) is 63.8 Å². The zero-order valence-corrected chi connectivity index (χ0v) is 17.5. The van der Waals surface area contributed by atoms with Gasteiger partial charge in [0.25, 0.3) is 0 Å². The van der Waals surface area contributed by atoms with Crippen molar-refractivity contribution >= 4 is 28.7 Å². The van der Waals surface area contributed by atoms with Crippen LogP contribution in [0.3, 0.4) is 0 Å². The molecule has 0 radical (unpaired) electrons. The molecule has 2 amide bonds. The SMILES string of the molecule is CC(O)C(NC(=O)C(Cc1c[nH]c2ccccc12)NC(=O)C(N)CCCCN)C(=O)O. The maximum atomic E-state index is 12.9. The summed E-state index contributed by atoms with van der Waals surface area (Å²) in [4.78, 5) is 39.9. The predicted octanol–water partition coefficient (Wildman–Crippen LogP) is -0.398. The summed E-state index contributed by atoms with van der Waals surface area (Å²) in [6.07, 6.45) is 2.35. The third-order valence-corrected chi connectivity index (χ3v) is 5.08. The molecular formula is C21H31N5O5. The summed E-state index contributed by atoms with van der Waals surface area (Å²) in [5, 5.41) is 24.8. The average molecular weight is 434 g/mol. The smallest absolute Gasteiger partial charge is 0.328 e.